The molecule has 0 spiro atoms. The first-order chi connectivity index (χ1) is 11.1. The van der Waals surface area contributed by atoms with Crippen LogP contribution in [0.15, 0.2) is 42.9 Å². The van der Waals surface area contributed by atoms with Gasteiger partial charge in [-0.25, -0.2) is 0 Å². The first-order valence-corrected chi connectivity index (χ1v) is 6.51. The Labute approximate surface area is 129 Å². The third-order valence-electron chi connectivity index (χ3n) is 3.19. The molecule has 0 radical (unpaired) electrons. The number of nitrogens with zero attached hydrogens (tertiary/aromatic N) is 4. The molecular formula is C14H11N5O4. The quantitative estimate of drug-likeness (QED) is 0.581. The van der Waals surface area contributed by atoms with Crippen LogP contribution in [0, 0.1) is 10.1 Å². The van der Waals surface area contributed by atoms with Gasteiger partial charge in [0.05, 0.1) is 17.7 Å². The number of aromatic nitrogens is 3. The third-order valence-corrected chi connectivity index (χ3v) is 3.19. The molecule has 0 bridgehead atoms. The van der Waals surface area contributed by atoms with Gasteiger partial charge in [0.2, 0.25) is 0 Å². The molecule has 2 heterocycles. The summed E-state index contributed by atoms with van der Waals surface area (Å²) in [6.45, 7) is 0. The van der Waals surface area contributed by atoms with Gasteiger partial charge in [-0.3, -0.25) is 19.3 Å². The van der Waals surface area contributed by atoms with E-state index in [0.717, 1.165) is 0 Å². The maximum absolute atomic E-state index is 12.3. The van der Waals surface area contributed by atoms with E-state index < -0.39 is 10.8 Å². The second-order valence-electron chi connectivity index (χ2n) is 4.61. The highest BCUT2D eigenvalue weighted by molar-refractivity contribution is 6.04. The number of amides is 1. The number of hydrogen-bond acceptors (Lipinski definition) is 6. The van der Waals surface area contributed by atoms with Crippen LogP contribution in [0.2, 0.25) is 0 Å². The number of fused-ring (bicyclic) bond motifs is 1. The number of benzene rings is 1. The lowest BCUT2D eigenvalue weighted by molar-refractivity contribution is -0.385. The Kier molecular flexibility index (Phi) is 3.59. The second-order valence-corrected chi connectivity index (χ2v) is 4.61. The smallest absolute Gasteiger partial charge is 0.310 e. The maximum atomic E-state index is 12.3. The van der Waals surface area contributed by atoms with Crippen LogP contribution in [-0.4, -0.2) is 32.5 Å². The van der Waals surface area contributed by atoms with Gasteiger partial charge in [-0.2, -0.15) is 0 Å². The van der Waals surface area contributed by atoms with Crippen molar-refractivity contribution >= 4 is 22.9 Å². The summed E-state index contributed by atoms with van der Waals surface area (Å²) in [5.41, 5.74) is 1.24. The molecule has 23 heavy (non-hydrogen) atoms. The van der Waals surface area contributed by atoms with Crippen molar-refractivity contribution < 1.29 is 14.5 Å². The van der Waals surface area contributed by atoms with E-state index in [4.69, 9.17) is 4.74 Å². The number of nitro groups is 1. The van der Waals surface area contributed by atoms with E-state index in [9.17, 15) is 14.9 Å². The number of hydrogen-bond donors (Lipinski definition) is 1. The summed E-state index contributed by atoms with van der Waals surface area (Å²) < 4.78 is 6.61. The average molecular weight is 313 g/mol. The summed E-state index contributed by atoms with van der Waals surface area (Å²) >= 11 is 0. The van der Waals surface area contributed by atoms with Gasteiger partial charge < -0.3 is 10.1 Å². The lowest BCUT2D eigenvalue weighted by Crippen LogP contribution is -2.12. The molecule has 0 saturated heterocycles. The van der Waals surface area contributed by atoms with E-state index in [1.54, 1.807) is 22.7 Å². The van der Waals surface area contributed by atoms with E-state index in [-0.39, 0.29) is 17.0 Å². The van der Waals surface area contributed by atoms with Gasteiger partial charge in [0.15, 0.2) is 11.4 Å². The topological polar surface area (TPSA) is 112 Å². The van der Waals surface area contributed by atoms with Gasteiger partial charge in [-0.05, 0) is 18.2 Å². The Hall–Kier alpha value is -3.49. The average Bonchev–Trinajstić information content (AvgIpc) is 3.01. The molecule has 1 amide bonds. The molecular weight excluding hydrogens is 302 g/mol. The minimum Gasteiger partial charge on any atom is -0.490 e. The first-order valence-electron chi connectivity index (χ1n) is 6.51. The van der Waals surface area contributed by atoms with Gasteiger partial charge in [-0.15, -0.1) is 10.2 Å². The van der Waals surface area contributed by atoms with Crippen molar-refractivity contribution in [3.05, 3.63) is 58.5 Å². The van der Waals surface area contributed by atoms with E-state index in [1.807, 2.05) is 0 Å². The molecule has 0 aliphatic rings. The Bertz CT molecular complexity index is 905. The van der Waals surface area contributed by atoms with E-state index in [1.165, 1.54) is 31.6 Å². The Morgan fingerprint density at radius 2 is 2.17 bits per heavy atom. The molecule has 0 atom stereocenters. The first kappa shape index (κ1) is 14.4. The molecule has 3 rings (SSSR count). The number of carbonyl (C=O) groups is 1. The molecule has 1 N–H and O–H groups in total. The number of pyridine rings is 1. The number of ether oxygens (including phenoxy) is 1. The van der Waals surface area contributed by atoms with Crippen LogP contribution in [0.4, 0.5) is 11.4 Å². The highest BCUT2D eigenvalue weighted by atomic mass is 16.6. The van der Waals surface area contributed by atoms with Gasteiger partial charge in [-0.1, -0.05) is 0 Å². The summed E-state index contributed by atoms with van der Waals surface area (Å²) in [5, 5.41) is 21.2. The van der Waals surface area contributed by atoms with E-state index in [2.05, 4.69) is 15.5 Å². The number of anilines is 1. The molecule has 1 aromatic carbocycles. The van der Waals surface area contributed by atoms with Crippen molar-refractivity contribution in [1.82, 2.24) is 14.6 Å². The van der Waals surface area contributed by atoms with Crippen molar-refractivity contribution in [1.29, 1.82) is 0 Å². The fourth-order valence-corrected chi connectivity index (χ4v) is 2.07. The van der Waals surface area contributed by atoms with Crippen molar-refractivity contribution in [2.75, 3.05) is 12.4 Å². The molecule has 9 nitrogen and oxygen atoms in total. The van der Waals surface area contributed by atoms with E-state index in [0.29, 0.717) is 11.3 Å². The summed E-state index contributed by atoms with van der Waals surface area (Å²) in [4.78, 5) is 22.6. The number of nitrogens with one attached hydrogen (secondary N) is 1. The van der Waals surface area contributed by atoms with Crippen LogP contribution in [0.1, 0.15) is 10.4 Å². The van der Waals surface area contributed by atoms with E-state index >= 15 is 0 Å². The van der Waals surface area contributed by atoms with Crippen LogP contribution >= 0.6 is 0 Å². The zero-order valence-electron chi connectivity index (χ0n) is 12.0. The van der Waals surface area contributed by atoms with Gasteiger partial charge in [0.1, 0.15) is 6.33 Å². The van der Waals surface area contributed by atoms with Crippen LogP contribution in [0.3, 0.4) is 0 Å². The van der Waals surface area contributed by atoms with Crippen molar-refractivity contribution in [2.45, 2.75) is 0 Å². The lowest BCUT2D eigenvalue weighted by atomic mass is 10.1. The molecule has 9 heteroatoms. The largest absolute Gasteiger partial charge is 0.490 e. The number of rotatable bonds is 4. The molecule has 0 fully saturated rings. The zero-order chi connectivity index (χ0) is 16.4. The van der Waals surface area contributed by atoms with Crippen LogP contribution in [0.25, 0.3) is 5.65 Å². The third kappa shape index (κ3) is 2.79. The van der Waals surface area contributed by atoms with Crippen molar-refractivity contribution in [3.8, 4) is 5.75 Å². The number of carbonyl (C=O) groups excluding carboxylic acids is 1. The molecule has 2 aromatic heterocycles. The number of nitro benzene ring substituents is 1. The summed E-state index contributed by atoms with van der Waals surface area (Å²) in [5.74, 6) is -0.387. The lowest BCUT2D eigenvalue weighted by Gasteiger charge is -2.07. The Morgan fingerprint density at radius 3 is 2.91 bits per heavy atom. The molecule has 0 aliphatic carbocycles. The molecule has 3 aromatic rings. The van der Waals surface area contributed by atoms with Crippen LogP contribution in [-0.2, 0) is 0 Å². The normalized spacial score (nSPS) is 10.5. The fourth-order valence-electron chi connectivity index (χ4n) is 2.07. The molecule has 116 valence electrons. The monoisotopic (exact) mass is 313 g/mol. The van der Waals surface area contributed by atoms with Gasteiger partial charge in [0.25, 0.3) is 5.91 Å². The highest BCUT2D eigenvalue weighted by Crippen LogP contribution is 2.27. The molecule has 0 unspecified atom stereocenters. The fraction of sp³-hybridized carbons (Fsp3) is 0.0714. The Morgan fingerprint density at radius 1 is 1.35 bits per heavy atom. The minimum atomic E-state index is -0.569. The van der Waals surface area contributed by atoms with Crippen molar-refractivity contribution in [2.24, 2.45) is 0 Å². The van der Waals surface area contributed by atoms with Crippen LogP contribution in [0.5, 0.6) is 5.75 Å². The summed E-state index contributed by atoms with van der Waals surface area (Å²) in [6.07, 6.45) is 3.18. The summed E-state index contributed by atoms with van der Waals surface area (Å²) in [6, 6.07) is 7.32. The second kappa shape index (κ2) is 5.72. The zero-order valence-corrected chi connectivity index (χ0v) is 12.0. The SMILES string of the molecule is COc1cc(C(=O)Nc2ccc3nncn3c2)ccc1[N+](=O)[O-]. The maximum Gasteiger partial charge on any atom is 0.310 e. The summed E-state index contributed by atoms with van der Waals surface area (Å²) in [7, 11) is 1.31. The highest BCUT2D eigenvalue weighted by Gasteiger charge is 2.17. The number of methoxy groups -OCH3 is 1. The molecule has 0 saturated carbocycles. The predicted octanol–water partition coefficient (Wildman–Crippen LogP) is 1.90. The van der Waals surface area contributed by atoms with Crippen LogP contribution < -0.4 is 10.1 Å². The standard InChI is InChI=1S/C14H11N5O4/c1-23-12-6-9(2-4-11(12)19(21)22)14(20)16-10-3-5-13-17-15-8-18(13)7-10/h2-8H,1H3,(H,16,20). The minimum absolute atomic E-state index is 0.0249. The van der Waals surface area contributed by atoms with Gasteiger partial charge >= 0.3 is 5.69 Å². The molecule has 0 aliphatic heterocycles. The Balaban J connectivity index is 1.86. The predicted molar refractivity (Wildman–Crippen MR) is 80.6 cm³/mol. The van der Waals surface area contributed by atoms with Crippen molar-refractivity contribution in [3.63, 3.8) is 0 Å². The van der Waals surface area contributed by atoms with Gasteiger partial charge in [0, 0.05) is 23.9 Å².